The van der Waals surface area contributed by atoms with Gasteiger partial charge in [-0.2, -0.15) is 0 Å². The van der Waals surface area contributed by atoms with Gasteiger partial charge in [-0.3, -0.25) is 37.3 Å². The van der Waals surface area contributed by atoms with Crippen molar-refractivity contribution in [3.05, 3.63) is 146 Å². The predicted molar refractivity (Wildman–Crippen MR) is 427 cm³/mol. The lowest BCUT2D eigenvalue weighted by Gasteiger charge is -2.21. The van der Waals surface area contributed by atoms with Crippen molar-refractivity contribution < 1.29 is 80.2 Å². The molecule has 17 nitrogen and oxygen atoms in total. The van der Waals surface area contributed by atoms with E-state index in [-0.39, 0.29) is 25.7 Å². The van der Waals surface area contributed by atoms with Crippen LogP contribution in [-0.4, -0.2) is 96.7 Å². The molecule has 0 saturated carbocycles. The van der Waals surface area contributed by atoms with E-state index in [0.717, 1.165) is 116 Å². The van der Waals surface area contributed by atoms with Gasteiger partial charge in [0.1, 0.15) is 19.3 Å². The molecule has 19 heteroatoms. The van der Waals surface area contributed by atoms with E-state index in [1.165, 1.54) is 103 Å². The molecule has 0 aromatic rings. The van der Waals surface area contributed by atoms with Crippen LogP contribution in [0.3, 0.4) is 0 Å². The monoisotopic (exact) mass is 1500 g/mol. The van der Waals surface area contributed by atoms with Crippen molar-refractivity contribution in [3.63, 3.8) is 0 Å². The van der Waals surface area contributed by atoms with Crippen LogP contribution in [0.25, 0.3) is 0 Å². The first-order valence-electron chi connectivity index (χ1n) is 40.1. The highest BCUT2D eigenvalue weighted by Crippen LogP contribution is 2.45. The lowest BCUT2D eigenvalue weighted by molar-refractivity contribution is -0.161. The number of rotatable bonds is 74. The molecule has 0 amide bonds. The number of carbonyl (C=O) groups is 4. The second-order valence-electron chi connectivity index (χ2n) is 26.3. The van der Waals surface area contributed by atoms with Gasteiger partial charge in [-0.25, -0.2) is 9.13 Å². The van der Waals surface area contributed by atoms with Crippen LogP contribution in [0.15, 0.2) is 146 Å². The van der Waals surface area contributed by atoms with E-state index >= 15 is 0 Å². The van der Waals surface area contributed by atoms with Crippen molar-refractivity contribution in [1.29, 1.82) is 0 Å². The molecule has 0 aliphatic heterocycles. The van der Waals surface area contributed by atoms with E-state index in [2.05, 4.69) is 137 Å². The number of carbonyl (C=O) groups excluding carboxylic acids is 4. The molecule has 594 valence electrons. The molecule has 0 heterocycles. The van der Waals surface area contributed by atoms with E-state index in [1.54, 1.807) is 0 Å². The number of hydrogen-bond donors (Lipinski definition) is 3. The third kappa shape index (κ3) is 75.2. The Labute approximate surface area is 630 Å². The molecule has 0 bridgehead atoms. The molecular formula is C85H142O17P2. The number of hydrogen-bond acceptors (Lipinski definition) is 15. The normalized spacial score (nSPS) is 14.6. The van der Waals surface area contributed by atoms with Crippen molar-refractivity contribution >= 4 is 39.5 Å². The summed E-state index contributed by atoms with van der Waals surface area (Å²) >= 11 is 0. The van der Waals surface area contributed by atoms with E-state index in [0.29, 0.717) is 38.5 Å². The number of aliphatic hydroxyl groups excluding tert-OH is 1. The van der Waals surface area contributed by atoms with Crippen LogP contribution in [0.4, 0.5) is 0 Å². The summed E-state index contributed by atoms with van der Waals surface area (Å²) in [7, 11) is -10.00. The topological polar surface area (TPSA) is 237 Å². The summed E-state index contributed by atoms with van der Waals surface area (Å²) in [5.74, 6) is -2.36. The van der Waals surface area contributed by atoms with Crippen molar-refractivity contribution in [3.8, 4) is 0 Å². The third-order valence-corrected chi connectivity index (χ3v) is 18.3. The van der Waals surface area contributed by atoms with Gasteiger partial charge in [0.15, 0.2) is 12.2 Å². The summed E-state index contributed by atoms with van der Waals surface area (Å²) in [5, 5.41) is 10.6. The molecule has 0 aliphatic rings. The first kappa shape index (κ1) is 98.9. The number of aliphatic hydroxyl groups is 1. The molecule has 104 heavy (non-hydrogen) atoms. The standard InChI is InChI=1S/C85H142O17P2/c1-5-9-13-17-21-25-29-33-35-37-39-41-43-47-49-53-57-61-65-69-82(87)95-75-80(101-84(89)71-67-63-59-55-51-45-31-27-23-19-15-11-7-3)77-99-103(91,92)97-73-79(86)74-98-104(93,94)100-78-81(102-85(90)72-68-64-60-56-52-46-32-28-24-20-16-12-8-4)76-96-83(88)70-66-62-58-54-50-48-44-42-40-38-36-34-30-26-22-18-14-10-6-2/h9-10,13-14,21-22,25-26,33-36,39-42,47-50,57-58,61-62,79-81,86H,5-8,11-12,15-20,23-24,27-32,37-38,43-46,51-56,59-60,63-78H2,1-4H3,(H,91,92)(H,93,94)/b13-9-,14-10-,25-21-,26-22-,35-33-,36-34-,41-39-,42-40-,49-47-,50-48-,61-57-,62-58-. The van der Waals surface area contributed by atoms with Gasteiger partial charge < -0.3 is 33.8 Å². The van der Waals surface area contributed by atoms with Gasteiger partial charge in [-0.1, -0.05) is 328 Å². The first-order valence-corrected chi connectivity index (χ1v) is 43.1. The van der Waals surface area contributed by atoms with Crippen LogP contribution < -0.4 is 0 Å². The maximum atomic E-state index is 13.1. The molecule has 0 aromatic carbocycles. The van der Waals surface area contributed by atoms with E-state index in [1.807, 2.05) is 36.5 Å². The Morgan fingerprint density at radius 2 is 0.500 bits per heavy atom. The Morgan fingerprint density at radius 3 is 0.750 bits per heavy atom. The smallest absolute Gasteiger partial charge is 0.462 e. The summed E-state index contributed by atoms with van der Waals surface area (Å²) in [6.45, 7) is 4.49. The van der Waals surface area contributed by atoms with Crippen LogP contribution in [0.2, 0.25) is 0 Å². The largest absolute Gasteiger partial charge is 0.472 e. The van der Waals surface area contributed by atoms with Gasteiger partial charge in [0.05, 0.1) is 26.4 Å². The molecule has 0 fully saturated rings. The second-order valence-corrected chi connectivity index (χ2v) is 29.2. The molecule has 4 atom stereocenters. The number of esters is 4. The number of unbranched alkanes of at least 4 members (excludes halogenated alkanes) is 24. The van der Waals surface area contributed by atoms with Gasteiger partial charge in [0.2, 0.25) is 0 Å². The van der Waals surface area contributed by atoms with Crippen molar-refractivity contribution in [2.45, 2.75) is 329 Å². The lowest BCUT2D eigenvalue weighted by Crippen LogP contribution is -2.30. The van der Waals surface area contributed by atoms with Gasteiger partial charge in [-0.05, 0) is 103 Å². The Hall–Kier alpha value is -5.06. The number of phosphoric acid groups is 2. The van der Waals surface area contributed by atoms with Crippen molar-refractivity contribution in [2.75, 3.05) is 39.6 Å². The number of phosphoric ester groups is 2. The second kappa shape index (κ2) is 76.1. The number of ether oxygens (including phenoxy) is 4. The van der Waals surface area contributed by atoms with Gasteiger partial charge in [0, 0.05) is 25.7 Å². The maximum Gasteiger partial charge on any atom is 0.472 e. The summed E-state index contributed by atoms with van der Waals surface area (Å²) in [6, 6.07) is 0. The fourth-order valence-corrected chi connectivity index (χ4v) is 11.9. The summed E-state index contributed by atoms with van der Waals surface area (Å²) in [4.78, 5) is 72.9. The summed E-state index contributed by atoms with van der Waals surface area (Å²) in [5.41, 5.74) is 0. The Bertz CT molecular complexity index is 2370. The zero-order valence-corrected chi connectivity index (χ0v) is 66.7. The average molecular weight is 1500 g/mol. The van der Waals surface area contributed by atoms with E-state index < -0.39 is 97.5 Å². The first-order chi connectivity index (χ1) is 50.7. The Balaban J connectivity index is 5.45. The van der Waals surface area contributed by atoms with Crippen LogP contribution >= 0.6 is 15.6 Å². The highest BCUT2D eigenvalue weighted by molar-refractivity contribution is 7.47. The fraction of sp³-hybridized carbons (Fsp3) is 0.671. The summed E-state index contributed by atoms with van der Waals surface area (Å²) < 4.78 is 68.4. The minimum Gasteiger partial charge on any atom is -0.462 e. The molecule has 0 aliphatic carbocycles. The van der Waals surface area contributed by atoms with Crippen LogP contribution in [0, 0.1) is 0 Å². The molecule has 0 radical (unpaired) electrons. The SMILES string of the molecule is CC/C=C\C/C=C\C/C=C\C/C=C\C/C=C\C/C=C\CCC(=O)OCC(COP(=O)(O)OCC(O)COP(=O)(O)OCC(COC(=O)CC/C=C\C/C=C\C/C=C\C/C=C\C/C=C\C/C=C\CC)OC(=O)CCCCCCCCCCCCCCC)OC(=O)CCCCCCCCCCCCCCC. The van der Waals surface area contributed by atoms with E-state index in [9.17, 15) is 43.2 Å². The Kier molecular flexibility index (Phi) is 72.4. The molecule has 0 saturated heterocycles. The molecule has 0 spiro atoms. The maximum absolute atomic E-state index is 13.1. The summed E-state index contributed by atoms with van der Waals surface area (Å²) in [6.07, 6.45) is 87.2. The minimum atomic E-state index is -5.00. The van der Waals surface area contributed by atoms with Gasteiger partial charge in [-0.15, -0.1) is 0 Å². The molecule has 0 rings (SSSR count). The zero-order valence-electron chi connectivity index (χ0n) is 64.9. The van der Waals surface area contributed by atoms with Gasteiger partial charge >= 0.3 is 39.5 Å². The molecule has 3 N–H and O–H groups in total. The molecule has 4 unspecified atom stereocenters. The molecule has 0 aromatic heterocycles. The lowest BCUT2D eigenvalue weighted by atomic mass is 10.0. The van der Waals surface area contributed by atoms with E-state index in [4.69, 9.17) is 37.0 Å². The highest BCUT2D eigenvalue weighted by atomic mass is 31.2. The fourth-order valence-electron chi connectivity index (χ4n) is 10.3. The highest BCUT2D eigenvalue weighted by Gasteiger charge is 2.30. The predicted octanol–water partition coefficient (Wildman–Crippen LogP) is 23.4. The minimum absolute atomic E-state index is 0.0336. The average Bonchev–Trinajstić information content (AvgIpc) is 0.913. The van der Waals surface area contributed by atoms with Gasteiger partial charge in [0.25, 0.3) is 0 Å². The van der Waals surface area contributed by atoms with Crippen LogP contribution in [-0.2, 0) is 65.4 Å². The Morgan fingerprint density at radius 1 is 0.279 bits per heavy atom. The number of allylic oxidation sites excluding steroid dienone is 24. The van der Waals surface area contributed by atoms with Crippen LogP contribution in [0.1, 0.15) is 310 Å². The van der Waals surface area contributed by atoms with Crippen LogP contribution in [0.5, 0.6) is 0 Å². The zero-order chi connectivity index (χ0) is 76.0. The third-order valence-electron chi connectivity index (χ3n) is 16.4. The van der Waals surface area contributed by atoms with Crippen molar-refractivity contribution in [2.24, 2.45) is 0 Å². The quantitative estimate of drug-likeness (QED) is 0.0169. The molecular weight excluding hydrogens is 1350 g/mol. The van der Waals surface area contributed by atoms with Crippen molar-refractivity contribution in [1.82, 2.24) is 0 Å².